The molecule has 2 aromatic carbocycles. The van der Waals surface area contributed by atoms with Gasteiger partial charge in [0.25, 0.3) is 0 Å². The molecular weight excluding hydrogens is 320 g/mol. The summed E-state index contributed by atoms with van der Waals surface area (Å²) in [4.78, 5) is 0. The molecule has 0 aliphatic heterocycles. The summed E-state index contributed by atoms with van der Waals surface area (Å²) in [6.07, 6.45) is 1.65. The van der Waals surface area contributed by atoms with E-state index in [-0.39, 0.29) is 11.8 Å². The van der Waals surface area contributed by atoms with Gasteiger partial charge in [0.15, 0.2) is 0 Å². The molecule has 0 saturated carbocycles. The first-order valence-corrected chi connectivity index (χ1v) is 8.98. The van der Waals surface area contributed by atoms with Gasteiger partial charge >= 0.3 is 0 Å². The number of hydrogen-bond acceptors (Lipinski definition) is 2. The SMILES string of the molecule is CCC#C[C@@H](c1ccc(OC)cc1)[C@@H](C#CCC)c1ccc(OC)cc1. The second-order valence-corrected chi connectivity index (χ2v) is 5.85. The Morgan fingerprint density at radius 1 is 0.654 bits per heavy atom. The van der Waals surface area contributed by atoms with E-state index in [4.69, 9.17) is 9.47 Å². The third-order valence-electron chi connectivity index (χ3n) is 4.15. The van der Waals surface area contributed by atoms with Crippen LogP contribution in [-0.2, 0) is 0 Å². The van der Waals surface area contributed by atoms with Crippen LogP contribution < -0.4 is 9.47 Å². The van der Waals surface area contributed by atoms with Crippen LogP contribution in [0.25, 0.3) is 0 Å². The summed E-state index contributed by atoms with van der Waals surface area (Å²) in [5.41, 5.74) is 2.30. The van der Waals surface area contributed by atoms with E-state index in [0.717, 1.165) is 35.5 Å². The summed E-state index contributed by atoms with van der Waals surface area (Å²) >= 11 is 0. The highest BCUT2D eigenvalue weighted by molar-refractivity contribution is 5.43. The molecule has 0 aromatic heterocycles. The van der Waals surface area contributed by atoms with Crippen molar-refractivity contribution < 1.29 is 9.47 Å². The van der Waals surface area contributed by atoms with E-state index in [9.17, 15) is 0 Å². The standard InChI is InChI=1S/C24H26O2/c1-5-7-9-23(19-11-15-21(25-3)16-12-19)24(10-8-6-2)20-13-17-22(26-4)18-14-20/h11-18,23-24H,5-6H2,1-4H3/t23-,24-/m0/s1. The topological polar surface area (TPSA) is 18.5 Å². The van der Waals surface area contributed by atoms with Gasteiger partial charge < -0.3 is 9.47 Å². The second kappa shape index (κ2) is 10.2. The minimum Gasteiger partial charge on any atom is -0.497 e. The fraction of sp³-hybridized carbons (Fsp3) is 0.333. The molecule has 0 unspecified atom stereocenters. The first-order chi connectivity index (χ1) is 12.7. The lowest BCUT2D eigenvalue weighted by atomic mass is 9.82. The van der Waals surface area contributed by atoms with Gasteiger partial charge in [-0.3, -0.25) is 0 Å². The largest absolute Gasteiger partial charge is 0.497 e. The van der Waals surface area contributed by atoms with E-state index in [1.54, 1.807) is 14.2 Å². The van der Waals surface area contributed by atoms with E-state index in [2.05, 4.69) is 61.8 Å². The van der Waals surface area contributed by atoms with Crippen LogP contribution in [-0.4, -0.2) is 14.2 Å². The highest BCUT2D eigenvalue weighted by Crippen LogP contribution is 2.34. The van der Waals surface area contributed by atoms with Crippen molar-refractivity contribution in [3.05, 3.63) is 59.7 Å². The van der Waals surface area contributed by atoms with Crippen LogP contribution in [0.4, 0.5) is 0 Å². The Kier molecular flexibility index (Phi) is 7.66. The maximum atomic E-state index is 5.29. The minimum absolute atomic E-state index is 0.00769. The third-order valence-corrected chi connectivity index (χ3v) is 4.15. The van der Waals surface area contributed by atoms with E-state index in [0.29, 0.717) is 0 Å². The highest BCUT2D eigenvalue weighted by Gasteiger charge is 2.22. The molecule has 26 heavy (non-hydrogen) atoms. The monoisotopic (exact) mass is 346 g/mol. The molecular formula is C24H26O2. The smallest absolute Gasteiger partial charge is 0.118 e. The summed E-state index contributed by atoms with van der Waals surface area (Å²) in [6, 6.07) is 16.2. The molecule has 2 heteroatoms. The summed E-state index contributed by atoms with van der Waals surface area (Å²) in [7, 11) is 3.35. The molecule has 0 amide bonds. The lowest BCUT2D eigenvalue weighted by Crippen LogP contribution is -2.09. The molecule has 0 heterocycles. The molecule has 2 nitrogen and oxygen atoms in total. The first kappa shape index (κ1) is 19.5. The van der Waals surface area contributed by atoms with Gasteiger partial charge in [0, 0.05) is 12.8 Å². The maximum absolute atomic E-state index is 5.29. The lowest BCUT2D eigenvalue weighted by Gasteiger charge is -2.20. The molecule has 2 aromatic rings. The van der Waals surface area contributed by atoms with Gasteiger partial charge in [0.1, 0.15) is 11.5 Å². The zero-order valence-electron chi connectivity index (χ0n) is 16.0. The van der Waals surface area contributed by atoms with E-state index < -0.39 is 0 Å². The van der Waals surface area contributed by atoms with Crippen molar-refractivity contribution in [3.63, 3.8) is 0 Å². The number of methoxy groups -OCH3 is 2. The Bertz CT molecular complexity index is 724. The van der Waals surface area contributed by atoms with Crippen LogP contribution in [0.15, 0.2) is 48.5 Å². The predicted octanol–water partition coefficient (Wildman–Crippen LogP) is 5.40. The molecule has 0 aliphatic rings. The fourth-order valence-electron chi connectivity index (χ4n) is 2.76. The van der Waals surface area contributed by atoms with Gasteiger partial charge in [0.2, 0.25) is 0 Å². The van der Waals surface area contributed by atoms with Crippen molar-refractivity contribution in [2.45, 2.75) is 38.5 Å². The molecule has 0 bridgehead atoms. The van der Waals surface area contributed by atoms with E-state index in [1.165, 1.54) is 0 Å². The fourth-order valence-corrected chi connectivity index (χ4v) is 2.76. The first-order valence-electron chi connectivity index (χ1n) is 8.98. The van der Waals surface area contributed by atoms with Crippen LogP contribution in [0.1, 0.15) is 49.7 Å². The molecule has 0 radical (unpaired) electrons. The number of hydrogen-bond donors (Lipinski definition) is 0. The van der Waals surface area contributed by atoms with Crippen molar-refractivity contribution in [1.82, 2.24) is 0 Å². The minimum atomic E-state index is 0.00769. The quantitative estimate of drug-likeness (QED) is 0.675. The van der Waals surface area contributed by atoms with Crippen molar-refractivity contribution in [2.75, 3.05) is 14.2 Å². The maximum Gasteiger partial charge on any atom is 0.118 e. The highest BCUT2D eigenvalue weighted by atomic mass is 16.5. The van der Waals surface area contributed by atoms with Crippen LogP contribution in [0, 0.1) is 23.7 Å². The Balaban J connectivity index is 2.49. The normalized spacial score (nSPS) is 12.0. The van der Waals surface area contributed by atoms with Crippen LogP contribution in [0.5, 0.6) is 11.5 Å². The summed E-state index contributed by atoms with van der Waals surface area (Å²) < 4.78 is 10.6. The van der Waals surface area contributed by atoms with Gasteiger partial charge in [-0.2, -0.15) is 0 Å². The van der Waals surface area contributed by atoms with Gasteiger partial charge in [0.05, 0.1) is 26.1 Å². The molecule has 0 fully saturated rings. The number of ether oxygens (including phenoxy) is 2. The lowest BCUT2D eigenvalue weighted by molar-refractivity contribution is 0.414. The molecule has 2 atom stereocenters. The van der Waals surface area contributed by atoms with Gasteiger partial charge in [-0.05, 0) is 35.4 Å². The molecule has 0 saturated heterocycles. The Labute approximate surface area is 157 Å². The summed E-state index contributed by atoms with van der Waals surface area (Å²) in [5.74, 6) is 15.1. The molecule has 0 spiro atoms. The summed E-state index contributed by atoms with van der Waals surface area (Å²) in [6.45, 7) is 4.14. The van der Waals surface area contributed by atoms with Gasteiger partial charge in [-0.1, -0.05) is 50.0 Å². The van der Waals surface area contributed by atoms with Crippen molar-refractivity contribution >= 4 is 0 Å². The zero-order valence-corrected chi connectivity index (χ0v) is 16.0. The average molecular weight is 346 g/mol. The molecule has 0 N–H and O–H groups in total. The van der Waals surface area contributed by atoms with Crippen molar-refractivity contribution in [1.29, 1.82) is 0 Å². The number of rotatable bonds is 5. The molecule has 0 aliphatic carbocycles. The Morgan fingerprint density at radius 2 is 1.00 bits per heavy atom. The number of benzene rings is 2. The van der Waals surface area contributed by atoms with Crippen LogP contribution >= 0.6 is 0 Å². The van der Waals surface area contributed by atoms with Gasteiger partial charge in [-0.15, -0.1) is 11.8 Å². The van der Waals surface area contributed by atoms with Crippen LogP contribution in [0.3, 0.4) is 0 Å². The van der Waals surface area contributed by atoms with Gasteiger partial charge in [-0.25, -0.2) is 0 Å². The van der Waals surface area contributed by atoms with Crippen molar-refractivity contribution in [3.8, 4) is 35.2 Å². The molecule has 134 valence electrons. The van der Waals surface area contributed by atoms with E-state index >= 15 is 0 Å². The van der Waals surface area contributed by atoms with Crippen molar-refractivity contribution in [2.24, 2.45) is 0 Å². The Morgan fingerprint density at radius 3 is 1.27 bits per heavy atom. The van der Waals surface area contributed by atoms with E-state index in [1.807, 2.05) is 24.3 Å². The second-order valence-electron chi connectivity index (χ2n) is 5.85. The summed E-state index contributed by atoms with van der Waals surface area (Å²) in [5, 5.41) is 0. The molecule has 2 rings (SSSR count). The Hall–Kier alpha value is -2.84. The predicted molar refractivity (Wildman–Crippen MR) is 108 cm³/mol. The third kappa shape index (κ3) is 5.08. The average Bonchev–Trinajstić information content (AvgIpc) is 2.71. The zero-order chi connectivity index (χ0) is 18.8. The van der Waals surface area contributed by atoms with Crippen LogP contribution in [0.2, 0.25) is 0 Å².